The molecule has 0 rings (SSSR count). The van der Waals surface area contributed by atoms with E-state index in [4.69, 9.17) is 22.1 Å². The molecule has 0 bridgehead atoms. The Kier molecular flexibility index (Phi) is 6.99. The molecule has 0 saturated carbocycles. The minimum Gasteiger partial charge on any atom is -0.480 e. The summed E-state index contributed by atoms with van der Waals surface area (Å²) in [7, 11) is 0. The molecule has 1 N–H and O–H groups in total. The highest BCUT2D eigenvalue weighted by Gasteiger charge is 2.19. The normalized spacial score (nSPS) is 12.2. The van der Waals surface area contributed by atoms with Crippen LogP contribution in [-0.4, -0.2) is 27.3 Å². The summed E-state index contributed by atoms with van der Waals surface area (Å²) in [6.07, 6.45) is 1.45. The van der Waals surface area contributed by atoms with Crippen LogP contribution in [0.25, 0.3) is 0 Å². The Morgan fingerprint density at radius 3 is 2.62 bits per heavy atom. The molecule has 0 aromatic carbocycles. The second kappa shape index (κ2) is 7.15. The maximum Gasteiger partial charge on any atom is 0.317 e. The molecule has 0 spiro atoms. The van der Waals surface area contributed by atoms with Gasteiger partial charge in [0.15, 0.2) is 0 Å². The number of hydrogen-bond acceptors (Lipinski definition) is 4. The number of hydrogen-bond donors (Lipinski definition) is 1. The van der Waals surface area contributed by atoms with E-state index >= 15 is 0 Å². The summed E-state index contributed by atoms with van der Waals surface area (Å²) >= 11 is 5.95. The van der Waals surface area contributed by atoms with Crippen molar-refractivity contribution in [1.29, 1.82) is 0 Å². The molecule has 0 aliphatic heterocycles. The van der Waals surface area contributed by atoms with Crippen molar-refractivity contribution in [3.05, 3.63) is 0 Å². The third-order valence-corrected chi connectivity index (χ3v) is 2.77. The first-order valence-electron chi connectivity index (χ1n) is 4.18. The minimum atomic E-state index is -0.825. The zero-order valence-corrected chi connectivity index (χ0v) is 9.41. The van der Waals surface area contributed by atoms with Gasteiger partial charge >= 0.3 is 5.97 Å². The number of carbonyl (C=O) groups is 1. The summed E-state index contributed by atoms with van der Waals surface area (Å²) in [6, 6.07) is 0. The number of carboxylic acids is 1. The molecule has 0 heterocycles. The second-order valence-electron chi connectivity index (χ2n) is 2.42. The number of carboxylic acid groups (broad SMARTS) is 1. The molecular formula is C8H14O3S2. The van der Waals surface area contributed by atoms with E-state index in [0.717, 1.165) is 18.2 Å². The lowest BCUT2D eigenvalue weighted by Crippen LogP contribution is -2.18. The number of thioether (sulfide) groups is 1. The number of thiocarbonyl (C=S) groups is 1. The standard InChI is InChI=1S/C8H14O3S2/c1-3-5-6(7(9)10)13-8(12)11-4-2/h6H,3-5H2,1-2H3,(H,9,10)/t6-/m1/s1. The van der Waals surface area contributed by atoms with E-state index in [2.05, 4.69) is 0 Å². The first kappa shape index (κ1) is 12.7. The largest absolute Gasteiger partial charge is 0.480 e. The van der Waals surface area contributed by atoms with Crippen LogP contribution in [-0.2, 0) is 9.53 Å². The van der Waals surface area contributed by atoms with Crippen LogP contribution in [0.3, 0.4) is 0 Å². The van der Waals surface area contributed by atoms with E-state index < -0.39 is 11.2 Å². The van der Waals surface area contributed by atoms with Gasteiger partial charge in [0.1, 0.15) is 5.25 Å². The van der Waals surface area contributed by atoms with Gasteiger partial charge in [0.25, 0.3) is 0 Å². The molecule has 0 aliphatic carbocycles. The molecule has 0 unspecified atom stereocenters. The van der Waals surface area contributed by atoms with Crippen molar-refractivity contribution >= 4 is 34.3 Å². The van der Waals surface area contributed by atoms with Crippen LogP contribution in [0, 0.1) is 0 Å². The van der Waals surface area contributed by atoms with Gasteiger partial charge in [-0.1, -0.05) is 25.1 Å². The van der Waals surface area contributed by atoms with Crippen LogP contribution in [0.4, 0.5) is 0 Å². The Hall–Kier alpha value is -0.290. The average molecular weight is 222 g/mol. The molecule has 76 valence electrons. The highest BCUT2D eigenvalue weighted by molar-refractivity contribution is 8.23. The van der Waals surface area contributed by atoms with Gasteiger partial charge in [-0.2, -0.15) is 0 Å². The summed E-state index contributed by atoms with van der Waals surface area (Å²) in [5.74, 6) is -0.825. The topological polar surface area (TPSA) is 46.5 Å². The predicted molar refractivity (Wildman–Crippen MR) is 58.1 cm³/mol. The zero-order valence-electron chi connectivity index (χ0n) is 7.78. The zero-order chi connectivity index (χ0) is 10.3. The molecule has 3 nitrogen and oxygen atoms in total. The molecule has 0 amide bonds. The second-order valence-corrected chi connectivity index (χ2v) is 4.22. The van der Waals surface area contributed by atoms with Crippen LogP contribution >= 0.6 is 24.0 Å². The van der Waals surface area contributed by atoms with Gasteiger partial charge in [0.2, 0.25) is 4.38 Å². The third kappa shape index (κ3) is 5.87. The molecule has 13 heavy (non-hydrogen) atoms. The molecular weight excluding hydrogens is 208 g/mol. The summed E-state index contributed by atoms with van der Waals surface area (Å²) < 4.78 is 5.32. The van der Waals surface area contributed by atoms with E-state index in [1.165, 1.54) is 0 Å². The smallest absolute Gasteiger partial charge is 0.317 e. The molecule has 0 aromatic rings. The Labute approximate surface area is 87.8 Å². The first-order valence-corrected chi connectivity index (χ1v) is 5.46. The Bertz CT molecular complexity index is 182. The highest BCUT2D eigenvalue weighted by atomic mass is 32.2. The van der Waals surface area contributed by atoms with Gasteiger partial charge < -0.3 is 9.84 Å². The van der Waals surface area contributed by atoms with Crippen molar-refractivity contribution in [3.63, 3.8) is 0 Å². The first-order chi connectivity index (χ1) is 6.11. The fourth-order valence-corrected chi connectivity index (χ4v) is 2.10. The molecule has 0 fully saturated rings. The quantitative estimate of drug-likeness (QED) is 0.723. The molecule has 0 aromatic heterocycles. The van der Waals surface area contributed by atoms with Gasteiger partial charge in [0.05, 0.1) is 6.61 Å². The number of rotatable bonds is 5. The van der Waals surface area contributed by atoms with Crippen molar-refractivity contribution in [2.24, 2.45) is 0 Å². The summed E-state index contributed by atoms with van der Waals surface area (Å²) in [5.41, 5.74) is 0. The average Bonchev–Trinajstić information content (AvgIpc) is 2.04. The fraction of sp³-hybridized carbons (Fsp3) is 0.750. The van der Waals surface area contributed by atoms with Gasteiger partial charge in [-0.15, -0.1) is 0 Å². The third-order valence-electron chi connectivity index (χ3n) is 1.33. The highest BCUT2D eigenvalue weighted by Crippen LogP contribution is 2.19. The Morgan fingerprint density at radius 1 is 1.62 bits per heavy atom. The number of ether oxygens (including phenoxy) is 1. The monoisotopic (exact) mass is 222 g/mol. The maximum atomic E-state index is 10.7. The molecule has 0 saturated heterocycles. The molecule has 0 radical (unpaired) electrons. The van der Waals surface area contributed by atoms with E-state index in [0.29, 0.717) is 17.4 Å². The van der Waals surface area contributed by atoms with Crippen LogP contribution in [0.1, 0.15) is 26.7 Å². The lowest BCUT2D eigenvalue weighted by molar-refractivity contribution is -0.136. The Morgan fingerprint density at radius 2 is 2.23 bits per heavy atom. The van der Waals surface area contributed by atoms with E-state index in [1.807, 2.05) is 13.8 Å². The van der Waals surface area contributed by atoms with Crippen molar-refractivity contribution in [2.45, 2.75) is 31.9 Å². The van der Waals surface area contributed by atoms with Crippen molar-refractivity contribution in [1.82, 2.24) is 0 Å². The fourth-order valence-electron chi connectivity index (χ4n) is 0.763. The van der Waals surface area contributed by atoms with E-state index in [1.54, 1.807) is 0 Å². The summed E-state index contributed by atoms with van der Waals surface area (Å²) in [4.78, 5) is 10.7. The number of aliphatic carboxylic acids is 1. The van der Waals surface area contributed by atoms with Crippen LogP contribution in [0.5, 0.6) is 0 Å². The summed E-state index contributed by atoms with van der Waals surface area (Å²) in [5, 5.41) is 8.32. The van der Waals surface area contributed by atoms with Gasteiger partial charge in [-0.05, 0) is 25.6 Å². The van der Waals surface area contributed by atoms with Crippen molar-refractivity contribution in [2.75, 3.05) is 6.61 Å². The lowest BCUT2D eigenvalue weighted by Gasteiger charge is -2.10. The SMILES string of the molecule is CCC[C@@H](SC(=S)OCC)C(=O)O. The van der Waals surface area contributed by atoms with Crippen LogP contribution < -0.4 is 0 Å². The van der Waals surface area contributed by atoms with Crippen molar-refractivity contribution < 1.29 is 14.6 Å². The summed E-state index contributed by atoms with van der Waals surface area (Å²) in [6.45, 7) is 4.26. The lowest BCUT2D eigenvalue weighted by atomic mass is 10.2. The molecule has 0 aliphatic rings. The predicted octanol–water partition coefficient (Wildman–Crippen LogP) is 2.29. The van der Waals surface area contributed by atoms with Crippen LogP contribution in [0.15, 0.2) is 0 Å². The van der Waals surface area contributed by atoms with E-state index in [-0.39, 0.29) is 0 Å². The van der Waals surface area contributed by atoms with E-state index in [9.17, 15) is 4.79 Å². The van der Waals surface area contributed by atoms with Gasteiger partial charge in [0, 0.05) is 0 Å². The molecule has 1 atom stereocenters. The molecule has 5 heteroatoms. The minimum absolute atomic E-state index is 0.323. The van der Waals surface area contributed by atoms with Crippen molar-refractivity contribution in [3.8, 4) is 0 Å². The maximum absolute atomic E-state index is 10.7. The Balaban J connectivity index is 3.94. The van der Waals surface area contributed by atoms with Crippen LogP contribution in [0.2, 0.25) is 0 Å². The van der Waals surface area contributed by atoms with Gasteiger partial charge in [-0.3, -0.25) is 4.79 Å². The van der Waals surface area contributed by atoms with Gasteiger partial charge in [-0.25, -0.2) is 0 Å².